The highest BCUT2D eigenvalue weighted by molar-refractivity contribution is 6.23. The summed E-state index contributed by atoms with van der Waals surface area (Å²) in [4.78, 5) is 56.5. The number of ether oxygens (including phenoxy) is 1. The molecule has 2 bridgehead atoms. The van der Waals surface area contributed by atoms with Crippen LogP contribution in [0.5, 0.6) is 5.75 Å². The number of rotatable bonds is 4. The fourth-order valence-electron chi connectivity index (χ4n) is 7.55. The molecular formula is C35H25FN2O5. The van der Waals surface area contributed by atoms with Crippen LogP contribution in [0.4, 0.5) is 15.8 Å². The van der Waals surface area contributed by atoms with Gasteiger partial charge in [-0.25, -0.2) is 9.29 Å². The quantitative estimate of drug-likeness (QED) is 0.191. The van der Waals surface area contributed by atoms with E-state index in [0.717, 1.165) is 22.3 Å². The van der Waals surface area contributed by atoms with Crippen LogP contribution in [0.2, 0.25) is 0 Å². The van der Waals surface area contributed by atoms with E-state index in [2.05, 4.69) is 24.3 Å². The van der Waals surface area contributed by atoms with Gasteiger partial charge >= 0.3 is 5.97 Å². The van der Waals surface area contributed by atoms with Crippen molar-refractivity contribution in [3.8, 4) is 5.75 Å². The van der Waals surface area contributed by atoms with E-state index in [-0.39, 0.29) is 48.3 Å². The van der Waals surface area contributed by atoms with Gasteiger partial charge in [0, 0.05) is 36.6 Å². The molecule has 0 radical (unpaired) electrons. The predicted molar refractivity (Wildman–Crippen MR) is 155 cm³/mol. The Bertz CT molecular complexity index is 1740. The molecule has 43 heavy (non-hydrogen) atoms. The number of hydrogen-bond donors (Lipinski definition) is 0. The highest BCUT2D eigenvalue weighted by Crippen LogP contribution is 2.61. The summed E-state index contributed by atoms with van der Waals surface area (Å²) in [5, 5.41) is 0. The van der Waals surface area contributed by atoms with Gasteiger partial charge in [0.05, 0.1) is 23.4 Å². The molecule has 2 heterocycles. The SMILES string of the molecule is O=C(Oc1cccc(N2C(=O)[C@@H]3C4c5ccccc5C(c5ccccc54)[C@H]3C2=O)c1)[C@@H]1CC(=O)N(c2ccc(F)cc2)C1. The summed E-state index contributed by atoms with van der Waals surface area (Å²) in [6, 6.07) is 28.1. The topological polar surface area (TPSA) is 84.0 Å². The van der Waals surface area contributed by atoms with Gasteiger partial charge in [-0.1, -0.05) is 54.6 Å². The Hall–Kier alpha value is -5.11. The van der Waals surface area contributed by atoms with Crippen molar-refractivity contribution >= 4 is 35.1 Å². The maximum atomic E-state index is 14.1. The standard InChI is InChI=1S/C35H25FN2O5/c36-20-12-14-21(15-13-20)37-18-19(16-28(37)39)35(42)43-23-7-5-6-22(17-23)38-33(40)31-29-24-8-1-2-9-25(24)30(32(31)34(38)41)27-11-4-3-10-26(27)29/h1-15,17,19,29-32H,16,18H2/t19-,29?,30?,31-,32-/m1/s1. The average molecular weight is 573 g/mol. The highest BCUT2D eigenvalue weighted by Gasteiger charge is 2.61. The Labute approximate surface area is 246 Å². The smallest absolute Gasteiger partial charge is 0.316 e. The van der Waals surface area contributed by atoms with Gasteiger partial charge in [0.2, 0.25) is 17.7 Å². The molecule has 4 aromatic rings. The Morgan fingerprint density at radius 1 is 0.698 bits per heavy atom. The van der Waals surface area contributed by atoms with Gasteiger partial charge in [-0.05, 0) is 58.7 Å². The minimum Gasteiger partial charge on any atom is -0.426 e. The van der Waals surface area contributed by atoms with Crippen molar-refractivity contribution < 1.29 is 28.3 Å². The highest BCUT2D eigenvalue weighted by atomic mass is 19.1. The number of benzene rings is 4. The first-order valence-electron chi connectivity index (χ1n) is 14.3. The molecule has 3 amide bonds. The van der Waals surface area contributed by atoms with Crippen LogP contribution in [-0.2, 0) is 19.2 Å². The minimum atomic E-state index is -0.716. The van der Waals surface area contributed by atoms with Crippen LogP contribution in [0.3, 0.4) is 0 Å². The lowest BCUT2D eigenvalue weighted by atomic mass is 9.55. The number of carbonyl (C=O) groups is 4. The molecule has 0 saturated carbocycles. The molecule has 0 unspecified atom stereocenters. The molecule has 0 spiro atoms. The molecule has 212 valence electrons. The van der Waals surface area contributed by atoms with Crippen LogP contribution in [0.15, 0.2) is 97.1 Å². The first-order chi connectivity index (χ1) is 20.9. The molecule has 3 atom stereocenters. The van der Waals surface area contributed by atoms with E-state index in [1.165, 1.54) is 40.1 Å². The first-order valence-corrected chi connectivity index (χ1v) is 14.3. The van der Waals surface area contributed by atoms with Gasteiger partial charge < -0.3 is 9.64 Å². The van der Waals surface area contributed by atoms with E-state index >= 15 is 0 Å². The second-order valence-corrected chi connectivity index (χ2v) is 11.6. The van der Waals surface area contributed by atoms with E-state index in [0.29, 0.717) is 11.4 Å². The van der Waals surface area contributed by atoms with Crippen LogP contribution in [0.25, 0.3) is 0 Å². The Morgan fingerprint density at radius 3 is 1.81 bits per heavy atom. The molecule has 2 fully saturated rings. The lowest BCUT2D eigenvalue weighted by Gasteiger charge is -2.45. The largest absolute Gasteiger partial charge is 0.426 e. The Balaban J connectivity index is 1.06. The van der Waals surface area contributed by atoms with Crippen LogP contribution in [0, 0.1) is 23.6 Å². The zero-order chi connectivity index (χ0) is 29.4. The number of carbonyl (C=O) groups excluding carboxylic acids is 4. The fourth-order valence-corrected chi connectivity index (χ4v) is 7.55. The number of nitrogens with zero attached hydrogens (tertiary/aromatic N) is 2. The van der Waals surface area contributed by atoms with E-state index in [1.807, 2.05) is 24.3 Å². The Kier molecular flexibility index (Phi) is 5.63. The van der Waals surface area contributed by atoms with E-state index in [4.69, 9.17) is 4.74 Å². The normalized spacial score (nSPS) is 25.0. The number of halogens is 1. The average Bonchev–Trinajstić information content (AvgIpc) is 3.54. The molecule has 2 aliphatic heterocycles. The monoisotopic (exact) mass is 572 g/mol. The van der Waals surface area contributed by atoms with Gasteiger partial charge in [0.15, 0.2) is 0 Å². The molecule has 0 aromatic heterocycles. The molecule has 4 aromatic carbocycles. The van der Waals surface area contributed by atoms with Crippen molar-refractivity contribution in [1.82, 2.24) is 0 Å². The number of hydrogen-bond acceptors (Lipinski definition) is 5. The number of esters is 1. The van der Waals surface area contributed by atoms with E-state index in [9.17, 15) is 23.6 Å². The third-order valence-electron chi connectivity index (χ3n) is 9.34. The zero-order valence-electron chi connectivity index (χ0n) is 22.9. The lowest BCUT2D eigenvalue weighted by Crippen LogP contribution is -2.41. The van der Waals surface area contributed by atoms with Crippen molar-refractivity contribution in [3.63, 3.8) is 0 Å². The van der Waals surface area contributed by atoms with Crippen LogP contribution in [-0.4, -0.2) is 30.2 Å². The second kappa shape index (κ2) is 9.46. The summed E-state index contributed by atoms with van der Waals surface area (Å²) < 4.78 is 19.0. The van der Waals surface area contributed by atoms with Gasteiger partial charge in [0.25, 0.3) is 0 Å². The maximum Gasteiger partial charge on any atom is 0.316 e. The van der Waals surface area contributed by atoms with Crippen molar-refractivity contribution in [2.75, 3.05) is 16.3 Å². The van der Waals surface area contributed by atoms with Gasteiger partial charge in [-0.15, -0.1) is 0 Å². The number of imide groups is 1. The molecule has 2 saturated heterocycles. The van der Waals surface area contributed by atoms with E-state index in [1.54, 1.807) is 18.2 Å². The molecule has 7 nitrogen and oxygen atoms in total. The summed E-state index contributed by atoms with van der Waals surface area (Å²) in [7, 11) is 0. The molecule has 3 aliphatic carbocycles. The van der Waals surface area contributed by atoms with Gasteiger partial charge in [-0.3, -0.25) is 19.2 Å². The van der Waals surface area contributed by atoms with Crippen molar-refractivity contribution in [1.29, 1.82) is 0 Å². The molecular weight excluding hydrogens is 547 g/mol. The second-order valence-electron chi connectivity index (χ2n) is 11.6. The van der Waals surface area contributed by atoms with Crippen LogP contribution < -0.4 is 14.5 Å². The molecule has 0 N–H and O–H groups in total. The van der Waals surface area contributed by atoms with Crippen molar-refractivity contribution in [2.24, 2.45) is 17.8 Å². The zero-order valence-corrected chi connectivity index (χ0v) is 22.9. The van der Waals surface area contributed by atoms with Crippen LogP contribution >= 0.6 is 0 Å². The lowest BCUT2D eigenvalue weighted by molar-refractivity contribution is -0.139. The summed E-state index contributed by atoms with van der Waals surface area (Å²) in [5.41, 5.74) is 5.24. The van der Waals surface area contributed by atoms with Crippen molar-refractivity contribution in [2.45, 2.75) is 18.3 Å². The molecule has 5 aliphatic rings. The third kappa shape index (κ3) is 3.79. The summed E-state index contributed by atoms with van der Waals surface area (Å²) >= 11 is 0. The van der Waals surface area contributed by atoms with Gasteiger partial charge in [-0.2, -0.15) is 0 Å². The van der Waals surface area contributed by atoms with Crippen molar-refractivity contribution in [3.05, 3.63) is 125 Å². The number of amides is 3. The molecule has 8 heteroatoms. The third-order valence-corrected chi connectivity index (χ3v) is 9.34. The predicted octanol–water partition coefficient (Wildman–Crippen LogP) is 5.18. The maximum absolute atomic E-state index is 14.1. The fraction of sp³-hybridized carbons (Fsp3) is 0.200. The van der Waals surface area contributed by atoms with E-state index < -0.39 is 29.5 Å². The van der Waals surface area contributed by atoms with Gasteiger partial charge in [0.1, 0.15) is 11.6 Å². The minimum absolute atomic E-state index is 0.0355. The summed E-state index contributed by atoms with van der Waals surface area (Å²) in [5.74, 6) is -3.77. The number of anilines is 2. The Morgan fingerprint density at radius 2 is 1.26 bits per heavy atom. The van der Waals surface area contributed by atoms with Crippen LogP contribution in [0.1, 0.15) is 40.5 Å². The summed E-state index contributed by atoms with van der Waals surface area (Å²) in [6.07, 6.45) is -0.0355. The summed E-state index contributed by atoms with van der Waals surface area (Å²) in [6.45, 7) is 0.110. The molecule has 9 rings (SSSR count). The first kappa shape index (κ1) is 25.6.